The highest BCUT2D eigenvalue weighted by Crippen LogP contribution is 2.33. The minimum atomic E-state index is -4.42. The second-order valence-electron chi connectivity index (χ2n) is 11.4. The highest BCUT2D eigenvalue weighted by Gasteiger charge is 2.31. The number of nitrogens with zero attached hydrogens (tertiary/aromatic N) is 6. The molecule has 2 atom stereocenters. The lowest BCUT2D eigenvalue weighted by atomic mass is 10.1. The Morgan fingerprint density at radius 1 is 0.635 bits per heavy atom. The standard InChI is InChI=1S/2C16H14F3N5O2/c2*1-8(10-3-5-11(6-4-10)16(17,18)19)24-14-12(13(23-24)20-7-25)15(26)22-9(2)21-14/h2*3-8H,1-2H3,(H,20,23,25)(H,21,22,26)/t2*8-/m10/s1. The molecule has 0 bridgehead atoms. The van der Waals surface area contributed by atoms with Crippen molar-refractivity contribution >= 4 is 46.5 Å². The molecular formula is C32H28F6N10O4. The first-order valence-corrected chi connectivity index (χ1v) is 15.2. The maximum Gasteiger partial charge on any atom is 0.416 e. The molecule has 14 nitrogen and oxygen atoms in total. The Morgan fingerprint density at radius 2 is 0.962 bits per heavy atom. The average Bonchev–Trinajstić information content (AvgIpc) is 3.62. The third kappa shape index (κ3) is 7.39. The van der Waals surface area contributed by atoms with Crippen LogP contribution in [-0.4, -0.2) is 52.3 Å². The molecule has 52 heavy (non-hydrogen) atoms. The number of H-pyrrole nitrogens is 2. The van der Waals surface area contributed by atoms with Crippen molar-refractivity contribution in [3.8, 4) is 0 Å². The summed E-state index contributed by atoms with van der Waals surface area (Å²) in [6.45, 7) is 6.59. The normalized spacial score (nSPS) is 13.0. The van der Waals surface area contributed by atoms with Crippen molar-refractivity contribution in [1.29, 1.82) is 0 Å². The van der Waals surface area contributed by atoms with Crippen LogP contribution in [0.5, 0.6) is 0 Å². The van der Waals surface area contributed by atoms with E-state index in [9.17, 15) is 45.5 Å². The number of aryl methyl sites for hydroxylation is 2. The largest absolute Gasteiger partial charge is 0.416 e. The molecule has 272 valence electrons. The Labute approximate surface area is 287 Å². The van der Waals surface area contributed by atoms with Gasteiger partial charge < -0.3 is 20.6 Å². The topological polar surface area (TPSA) is 185 Å². The summed E-state index contributed by atoms with van der Waals surface area (Å²) < 4.78 is 79.1. The van der Waals surface area contributed by atoms with Crippen LogP contribution < -0.4 is 21.8 Å². The summed E-state index contributed by atoms with van der Waals surface area (Å²) in [5.41, 5.74) is -0.920. The third-order valence-electron chi connectivity index (χ3n) is 7.93. The number of alkyl halides is 6. The van der Waals surface area contributed by atoms with Gasteiger partial charge in [-0.1, -0.05) is 24.3 Å². The first-order chi connectivity index (χ1) is 24.4. The number of carbonyl (C=O) groups excluding carboxylic acids is 2. The van der Waals surface area contributed by atoms with Gasteiger partial charge >= 0.3 is 12.4 Å². The van der Waals surface area contributed by atoms with Gasteiger partial charge in [0.15, 0.2) is 22.9 Å². The number of anilines is 2. The highest BCUT2D eigenvalue weighted by molar-refractivity contribution is 5.92. The number of amides is 2. The van der Waals surface area contributed by atoms with Gasteiger partial charge in [-0.15, -0.1) is 0 Å². The molecule has 0 fully saturated rings. The summed E-state index contributed by atoms with van der Waals surface area (Å²) in [6, 6.07) is 8.25. The zero-order chi connectivity index (χ0) is 38.1. The van der Waals surface area contributed by atoms with Crippen LogP contribution in [0.25, 0.3) is 22.1 Å². The fraction of sp³-hybridized carbons (Fsp3) is 0.250. The lowest BCUT2D eigenvalue weighted by Gasteiger charge is -2.15. The first kappa shape index (κ1) is 36.9. The smallest absolute Gasteiger partial charge is 0.311 e. The molecule has 0 unspecified atom stereocenters. The zero-order valence-electron chi connectivity index (χ0n) is 27.5. The number of hydrogen-bond acceptors (Lipinski definition) is 8. The van der Waals surface area contributed by atoms with Gasteiger partial charge in [0.2, 0.25) is 12.8 Å². The van der Waals surface area contributed by atoms with Crippen LogP contribution in [0, 0.1) is 13.8 Å². The number of aromatic nitrogens is 8. The number of aromatic amines is 2. The number of fused-ring (bicyclic) bond motifs is 2. The van der Waals surface area contributed by atoms with Gasteiger partial charge in [0.05, 0.1) is 23.2 Å². The summed E-state index contributed by atoms with van der Waals surface area (Å²) in [4.78, 5) is 59.5. The van der Waals surface area contributed by atoms with Crippen molar-refractivity contribution in [3.05, 3.63) is 103 Å². The SMILES string of the molecule is Cc1nc2c(c(NC=O)nn2[C@@H](C)c2ccc(C(F)(F)F)cc2)c(=O)[nH]1.Cc1nc2c(c(NC=O)nn2[C@H](C)c2ccc(C(F)(F)F)cc2)c(=O)[nH]1. The molecule has 20 heteroatoms. The van der Waals surface area contributed by atoms with Crippen LogP contribution in [0.1, 0.15) is 59.8 Å². The minimum Gasteiger partial charge on any atom is -0.311 e. The summed E-state index contributed by atoms with van der Waals surface area (Å²) >= 11 is 0. The quantitative estimate of drug-likeness (QED) is 0.121. The highest BCUT2D eigenvalue weighted by atomic mass is 19.4. The molecule has 0 aliphatic carbocycles. The zero-order valence-corrected chi connectivity index (χ0v) is 27.5. The fourth-order valence-corrected chi connectivity index (χ4v) is 5.35. The van der Waals surface area contributed by atoms with Gasteiger partial charge in [0.25, 0.3) is 11.1 Å². The monoisotopic (exact) mass is 730 g/mol. The Bertz CT molecular complexity index is 2210. The van der Waals surface area contributed by atoms with Crippen LogP contribution in [0.15, 0.2) is 58.1 Å². The van der Waals surface area contributed by atoms with Crippen molar-refractivity contribution in [1.82, 2.24) is 39.5 Å². The van der Waals surface area contributed by atoms with E-state index < -0.39 is 46.7 Å². The predicted octanol–water partition coefficient (Wildman–Crippen LogP) is 5.25. The Balaban J connectivity index is 0.000000201. The van der Waals surface area contributed by atoms with E-state index in [0.717, 1.165) is 24.3 Å². The van der Waals surface area contributed by atoms with Gasteiger partial charge in [0.1, 0.15) is 22.4 Å². The van der Waals surface area contributed by atoms with Crippen LogP contribution in [-0.2, 0) is 21.9 Å². The molecule has 0 spiro atoms. The maximum atomic E-state index is 12.7. The first-order valence-electron chi connectivity index (χ1n) is 15.2. The molecule has 6 aromatic rings. The number of carbonyl (C=O) groups is 2. The summed E-state index contributed by atoms with van der Waals surface area (Å²) in [7, 11) is 0. The van der Waals surface area contributed by atoms with Gasteiger partial charge in [-0.3, -0.25) is 19.2 Å². The van der Waals surface area contributed by atoms with E-state index in [1.165, 1.54) is 33.6 Å². The minimum absolute atomic E-state index is 0.0301. The van der Waals surface area contributed by atoms with Crippen molar-refractivity contribution in [2.75, 3.05) is 10.6 Å². The number of rotatable bonds is 8. The molecule has 4 N–H and O–H groups in total. The van der Waals surface area contributed by atoms with Crippen molar-refractivity contribution in [2.24, 2.45) is 0 Å². The lowest BCUT2D eigenvalue weighted by Crippen LogP contribution is -2.13. The fourth-order valence-electron chi connectivity index (χ4n) is 5.35. The van der Waals surface area contributed by atoms with Gasteiger partial charge in [0, 0.05) is 0 Å². The number of halogens is 6. The Morgan fingerprint density at radius 3 is 1.25 bits per heavy atom. The van der Waals surface area contributed by atoms with Crippen molar-refractivity contribution in [2.45, 2.75) is 52.1 Å². The van der Waals surface area contributed by atoms with Gasteiger partial charge in [-0.2, -0.15) is 36.5 Å². The van der Waals surface area contributed by atoms with Crippen molar-refractivity contribution in [3.63, 3.8) is 0 Å². The van der Waals surface area contributed by atoms with Crippen LogP contribution >= 0.6 is 0 Å². The summed E-state index contributed by atoms with van der Waals surface area (Å²) in [5.74, 6) is 0.756. The summed E-state index contributed by atoms with van der Waals surface area (Å²) in [6.07, 6.45) is -8.08. The molecule has 6 rings (SSSR count). The van der Waals surface area contributed by atoms with Gasteiger partial charge in [-0.25, -0.2) is 19.3 Å². The number of nitrogens with one attached hydrogen (secondary N) is 4. The maximum absolute atomic E-state index is 12.7. The molecule has 2 aromatic carbocycles. The second-order valence-corrected chi connectivity index (χ2v) is 11.4. The molecule has 4 heterocycles. The molecule has 0 saturated carbocycles. The van der Waals surface area contributed by atoms with E-state index in [2.05, 4.69) is 40.8 Å². The van der Waals surface area contributed by atoms with E-state index in [4.69, 9.17) is 0 Å². The lowest BCUT2D eigenvalue weighted by molar-refractivity contribution is -0.138. The van der Waals surface area contributed by atoms with Crippen LogP contribution in [0.3, 0.4) is 0 Å². The van der Waals surface area contributed by atoms with Gasteiger partial charge in [-0.05, 0) is 63.1 Å². The van der Waals surface area contributed by atoms with E-state index in [0.29, 0.717) is 35.6 Å². The van der Waals surface area contributed by atoms with E-state index in [1.807, 2.05) is 0 Å². The van der Waals surface area contributed by atoms with E-state index >= 15 is 0 Å². The molecule has 0 aliphatic rings. The van der Waals surface area contributed by atoms with Crippen molar-refractivity contribution < 1.29 is 35.9 Å². The predicted molar refractivity (Wildman–Crippen MR) is 176 cm³/mol. The number of benzene rings is 2. The second kappa shape index (κ2) is 14.1. The Hall–Kier alpha value is -6.34. The summed E-state index contributed by atoms with van der Waals surface area (Å²) in [5, 5.41) is 13.3. The molecule has 2 amide bonds. The molecule has 0 aliphatic heterocycles. The Kier molecular flexibility index (Phi) is 10.0. The molecule has 0 saturated heterocycles. The number of hydrogen-bond donors (Lipinski definition) is 4. The molecular weight excluding hydrogens is 702 g/mol. The molecule has 4 aromatic heterocycles. The average molecular weight is 731 g/mol. The van der Waals surface area contributed by atoms with Crippen LogP contribution in [0.4, 0.5) is 38.0 Å². The molecule has 0 radical (unpaired) electrons. The third-order valence-corrected chi connectivity index (χ3v) is 7.93. The van der Waals surface area contributed by atoms with E-state index in [-0.39, 0.29) is 33.7 Å². The van der Waals surface area contributed by atoms with Crippen LogP contribution in [0.2, 0.25) is 0 Å². The van der Waals surface area contributed by atoms with E-state index in [1.54, 1.807) is 27.7 Å².